The molecule has 0 aliphatic carbocycles. The maximum atomic E-state index is 9.18. The molecule has 2 heterocycles. The topological polar surface area (TPSA) is 87.0 Å². The Morgan fingerprint density at radius 2 is 2.05 bits per heavy atom. The zero-order valence-electron chi connectivity index (χ0n) is 10.00. The van der Waals surface area contributed by atoms with E-state index in [2.05, 4.69) is 20.4 Å². The third-order valence-corrected chi connectivity index (χ3v) is 2.62. The van der Waals surface area contributed by atoms with Crippen LogP contribution in [0.1, 0.15) is 5.89 Å². The molecule has 0 aliphatic rings. The van der Waals surface area contributed by atoms with E-state index in [1.54, 1.807) is 30.5 Å². The van der Waals surface area contributed by atoms with E-state index in [0.29, 0.717) is 18.3 Å². The van der Waals surface area contributed by atoms with E-state index in [1.807, 2.05) is 12.1 Å². The maximum absolute atomic E-state index is 9.18. The van der Waals surface area contributed by atoms with Crippen LogP contribution in [-0.2, 0) is 6.54 Å². The van der Waals surface area contributed by atoms with Crippen molar-refractivity contribution in [1.82, 2.24) is 15.1 Å². The smallest absolute Gasteiger partial charge is 0.246 e. The fraction of sp³-hybridized carbons (Fsp3) is 0.0769. The Morgan fingerprint density at radius 1 is 1.21 bits per heavy atom. The first-order valence-electron chi connectivity index (χ1n) is 5.80. The van der Waals surface area contributed by atoms with Crippen molar-refractivity contribution in [1.29, 1.82) is 0 Å². The highest BCUT2D eigenvalue weighted by Crippen LogP contribution is 2.16. The highest BCUT2D eigenvalue weighted by molar-refractivity contribution is 5.48. The Labute approximate surface area is 109 Å². The van der Waals surface area contributed by atoms with Crippen LogP contribution >= 0.6 is 0 Å². The van der Waals surface area contributed by atoms with Crippen LogP contribution in [0.4, 0.5) is 5.69 Å². The largest absolute Gasteiger partial charge is 0.508 e. The van der Waals surface area contributed by atoms with Gasteiger partial charge in [0.1, 0.15) is 5.75 Å². The average Bonchev–Trinajstić information content (AvgIpc) is 3.09. The van der Waals surface area contributed by atoms with E-state index in [1.165, 1.54) is 0 Å². The number of hydrogen-bond donors (Lipinski definition) is 3. The number of phenolic OH excluding ortho intramolecular Hbond substituents is 1. The van der Waals surface area contributed by atoms with E-state index in [0.717, 1.165) is 11.4 Å². The van der Waals surface area contributed by atoms with Gasteiger partial charge in [-0.15, -0.1) is 0 Å². The predicted octanol–water partition coefficient (Wildman–Crippen LogP) is 2.38. The van der Waals surface area contributed by atoms with E-state index >= 15 is 0 Å². The highest BCUT2D eigenvalue weighted by Gasteiger charge is 2.08. The van der Waals surface area contributed by atoms with Crippen LogP contribution in [0.5, 0.6) is 5.75 Å². The molecule has 3 N–H and O–H groups in total. The van der Waals surface area contributed by atoms with Gasteiger partial charge in [0.05, 0.1) is 12.2 Å². The minimum Gasteiger partial charge on any atom is -0.508 e. The fourth-order valence-corrected chi connectivity index (χ4v) is 1.66. The number of nitrogens with one attached hydrogen (secondary N) is 2. The van der Waals surface area contributed by atoms with Crippen molar-refractivity contribution in [2.24, 2.45) is 0 Å². The Morgan fingerprint density at radius 3 is 2.79 bits per heavy atom. The van der Waals surface area contributed by atoms with Crippen molar-refractivity contribution in [2.75, 3.05) is 5.32 Å². The molecule has 0 radical (unpaired) electrons. The molecule has 1 aromatic carbocycles. The number of aromatic hydroxyl groups is 1. The number of anilines is 1. The molecule has 0 saturated carbocycles. The summed E-state index contributed by atoms with van der Waals surface area (Å²) < 4.78 is 5.14. The molecule has 6 heteroatoms. The van der Waals surface area contributed by atoms with Gasteiger partial charge in [0.15, 0.2) is 0 Å². The van der Waals surface area contributed by atoms with Crippen molar-refractivity contribution in [3.05, 3.63) is 48.5 Å². The van der Waals surface area contributed by atoms with Gasteiger partial charge in [-0.1, -0.05) is 5.16 Å². The van der Waals surface area contributed by atoms with Gasteiger partial charge >= 0.3 is 0 Å². The number of benzene rings is 1. The lowest BCUT2D eigenvalue weighted by Crippen LogP contribution is -1.99. The number of nitrogens with zero attached hydrogens (tertiary/aromatic N) is 2. The summed E-state index contributed by atoms with van der Waals surface area (Å²) in [6.45, 7) is 0.429. The van der Waals surface area contributed by atoms with Gasteiger partial charge < -0.3 is 19.9 Å². The third-order valence-electron chi connectivity index (χ3n) is 2.62. The molecular weight excluding hydrogens is 244 g/mol. The number of H-pyrrole nitrogens is 1. The molecule has 0 unspecified atom stereocenters. The van der Waals surface area contributed by atoms with E-state index in [-0.39, 0.29) is 5.75 Å². The zero-order valence-corrected chi connectivity index (χ0v) is 10.00. The summed E-state index contributed by atoms with van der Waals surface area (Å²) in [4.78, 5) is 7.28. The Balaban J connectivity index is 1.66. The molecule has 3 rings (SSSR count). The number of aromatic amines is 1. The summed E-state index contributed by atoms with van der Waals surface area (Å²) in [7, 11) is 0. The summed E-state index contributed by atoms with van der Waals surface area (Å²) in [5.41, 5.74) is 1.69. The van der Waals surface area contributed by atoms with Gasteiger partial charge in [0.25, 0.3) is 0 Å². The Hall–Kier alpha value is -2.76. The van der Waals surface area contributed by atoms with Crippen LogP contribution in [0.15, 0.2) is 47.1 Å². The lowest BCUT2D eigenvalue weighted by molar-refractivity contribution is 0.384. The van der Waals surface area contributed by atoms with Crippen molar-refractivity contribution >= 4 is 5.69 Å². The normalized spacial score (nSPS) is 10.5. The number of rotatable bonds is 4. The van der Waals surface area contributed by atoms with Crippen molar-refractivity contribution in [2.45, 2.75) is 6.54 Å². The van der Waals surface area contributed by atoms with Crippen LogP contribution in [0.25, 0.3) is 11.5 Å². The Bertz CT molecular complexity index is 644. The van der Waals surface area contributed by atoms with E-state index in [9.17, 15) is 5.11 Å². The third kappa shape index (κ3) is 2.57. The fourth-order valence-electron chi connectivity index (χ4n) is 1.66. The van der Waals surface area contributed by atoms with Gasteiger partial charge in [0, 0.05) is 11.9 Å². The first-order chi connectivity index (χ1) is 9.31. The number of hydrogen-bond acceptors (Lipinski definition) is 5. The lowest BCUT2D eigenvalue weighted by Gasteiger charge is -2.02. The van der Waals surface area contributed by atoms with Gasteiger partial charge in [-0.25, -0.2) is 0 Å². The van der Waals surface area contributed by atoms with E-state index < -0.39 is 0 Å². The van der Waals surface area contributed by atoms with Gasteiger partial charge in [-0.3, -0.25) is 0 Å². The highest BCUT2D eigenvalue weighted by atomic mass is 16.5. The number of phenols is 1. The van der Waals surface area contributed by atoms with Crippen molar-refractivity contribution in [3.63, 3.8) is 0 Å². The SMILES string of the molecule is Oc1ccc(NCc2nc(-c3ccc[nH]3)no2)cc1. The summed E-state index contributed by atoms with van der Waals surface area (Å²) in [6, 6.07) is 10.5. The second-order valence-electron chi connectivity index (χ2n) is 4.00. The molecule has 19 heavy (non-hydrogen) atoms. The van der Waals surface area contributed by atoms with Crippen LogP contribution in [0.2, 0.25) is 0 Å². The maximum Gasteiger partial charge on any atom is 0.246 e. The molecule has 0 atom stereocenters. The van der Waals surface area contributed by atoms with Crippen molar-refractivity contribution < 1.29 is 9.63 Å². The first-order valence-corrected chi connectivity index (χ1v) is 5.80. The second kappa shape index (κ2) is 4.85. The molecule has 0 spiro atoms. The summed E-state index contributed by atoms with van der Waals surface area (Å²) in [6.07, 6.45) is 1.81. The van der Waals surface area contributed by atoms with Crippen LogP contribution in [0.3, 0.4) is 0 Å². The van der Waals surface area contributed by atoms with Crippen LogP contribution < -0.4 is 5.32 Å². The molecule has 0 amide bonds. The molecule has 96 valence electrons. The standard InChI is InChI=1S/C13H12N4O2/c18-10-5-3-9(4-6-10)15-8-12-16-13(17-19-12)11-2-1-7-14-11/h1-7,14-15,18H,8H2. The molecule has 6 nitrogen and oxygen atoms in total. The predicted molar refractivity (Wildman–Crippen MR) is 69.5 cm³/mol. The first kappa shape index (κ1) is 11.3. The minimum atomic E-state index is 0.234. The molecule has 0 aliphatic heterocycles. The molecule has 0 fully saturated rings. The molecule has 0 saturated heterocycles. The molecular formula is C13H12N4O2. The number of aromatic nitrogens is 3. The second-order valence-corrected chi connectivity index (χ2v) is 4.00. The van der Waals surface area contributed by atoms with Gasteiger partial charge in [-0.05, 0) is 36.4 Å². The quantitative estimate of drug-likeness (QED) is 0.624. The van der Waals surface area contributed by atoms with Crippen LogP contribution in [-0.4, -0.2) is 20.2 Å². The van der Waals surface area contributed by atoms with Crippen LogP contribution in [0, 0.1) is 0 Å². The Kier molecular flexibility index (Phi) is 2.89. The van der Waals surface area contributed by atoms with Gasteiger partial charge in [-0.2, -0.15) is 4.98 Å². The summed E-state index contributed by atoms with van der Waals surface area (Å²) in [5, 5.41) is 16.2. The molecule has 2 aromatic heterocycles. The molecule has 3 aromatic rings. The zero-order chi connectivity index (χ0) is 13.1. The molecule has 0 bridgehead atoms. The average molecular weight is 256 g/mol. The summed E-state index contributed by atoms with van der Waals surface area (Å²) >= 11 is 0. The monoisotopic (exact) mass is 256 g/mol. The lowest BCUT2D eigenvalue weighted by atomic mass is 10.3. The van der Waals surface area contributed by atoms with E-state index in [4.69, 9.17) is 4.52 Å². The van der Waals surface area contributed by atoms with Gasteiger partial charge in [0.2, 0.25) is 11.7 Å². The minimum absolute atomic E-state index is 0.234. The van der Waals surface area contributed by atoms with Crippen molar-refractivity contribution in [3.8, 4) is 17.3 Å². The summed E-state index contributed by atoms with van der Waals surface area (Å²) in [5.74, 6) is 1.27.